The van der Waals surface area contributed by atoms with E-state index in [1.165, 1.54) is 12.0 Å². The first kappa shape index (κ1) is 13.1. The fraction of sp³-hybridized carbons (Fsp3) is 0.364. The highest BCUT2D eigenvalue weighted by atomic mass is 16.5. The largest absolute Gasteiger partial charge is 0.493 e. The number of nitrogens with zero attached hydrogens (tertiary/aromatic N) is 1. The van der Waals surface area contributed by atoms with E-state index >= 15 is 0 Å². The molecule has 17 heavy (non-hydrogen) atoms. The molecule has 94 valence electrons. The number of benzene rings is 1. The number of urea groups is 1. The van der Waals surface area contributed by atoms with Crippen LogP contribution in [-0.2, 0) is 0 Å². The van der Waals surface area contributed by atoms with Crippen LogP contribution in [-0.4, -0.2) is 33.3 Å². The molecule has 0 aliphatic rings. The van der Waals surface area contributed by atoms with Crippen molar-refractivity contribution in [2.45, 2.75) is 0 Å². The second kappa shape index (κ2) is 5.95. The van der Waals surface area contributed by atoms with Crippen LogP contribution < -0.4 is 25.8 Å². The van der Waals surface area contributed by atoms with E-state index in [4.69, 9.17) is 20.9 Å². The number of anilines is 1. The first-order valence-corrected chi connectivity index (χ1v) is 5.13. The Morgan fingerprint density at radius 3 is 2.41 bits per heavy atom. The van der Waals surface area contributed by atoms with E-state index < -0.39 is 6.03 Å². The highest BCUT2D eigenvalue weighted by Gasteiger charge is 2.14. The average molecular weight is 239 g/mol. The Bertz CT molecular complexity index is 396. The monoisotopic (exact) mass is 239 g/mol. The molecule has 0 fully saturated rings. The van der Waals surface area contributed by atoms with E-state index in [2.05, 4.69) is 0 Å². The number of ether oxygens (including phenoxy) is 2. The molecular weight excluding hydrogens is 222 g/mol. The average Bonchev–Trinajstić information content (AvgIpc) is 2.34. The first-order chi connectivity index (χ1) is 8.13. The van der Waals surface area contributed by atoms with E-state index in [0.717, 1.165) is 0 Å². The van der Waals surface area contributed by atoms with E-state index in [-0.39, 0.29) is 0 Å². The van der Waals surface area contributed by atoms with Crippen LogP contribution in [0.2, 0.25) is 0 Å². The first-order valence-electron chi connectivity index (χ1n) is 5.13. The molecule has 4 N–H and O–H groups in total. The number of hydrogen-bond donors (Lipinski definition) is 2. The predicted octanol–water partition coefficient (Wildman–Crippen LogP) is 0.548. The summed E-state index contributed by atoms with van der Waals surface area (Å²) in [6, 6.07) is 4.56. The Morgan fingerprint density at radius 1 is 1.29 bits per heavy atom. The summed E-state index contributed by atoms with van der Waals surface area (Å²) in [5.41, 5.74) is 11.3. The minimum Gasteiger partial charge on any atom is -0.493 e. The van der Waals surface area contributed by atoms with Gasteiger partial charge in [0.25, 0.3) is 0 Å². The van der Waals surface area contributed by atoms with Gasteiger partial charge in [0.2, 0.25) is 0 Å². The van der Waals surface area contributed by atoms with Crippen LogP contribution in [0.25, 0.3) is 0 Å². The van der Waals surface area contributed by atoms with Gasteiger partial charge in [-0.3, -0.25) is 4.90 Å². The van der Waals surface area contributed by atoms with E-state index in [0.29, 0.717) is 30.3 Å². The van der Waals surface area contributed by atoms with Gasteiger partial charge in [-0.15, -0.1) is 0 Å². The number of hydrogen-bond acceptors (Lipinski definition) is 4. The number of methoxy groups -OCH3 is 2. The van der Waals surface area contributed by atoms with Crippen molar-refractivity contribution < 1.29 is 14.3 Å². The predicted molar refractivity (Wildman–Crippen MR) is 65.5 cm³/mol. The molecule has 1 aromatic rings. The Balaban J connectivity index is 3.08. The van der Waals surface area contributed by atoms with Crippen LogP contribution in [0, 0.1) is 0 Å². The van der Waals surface area contributed by atoms with Gasteiger partial charge < -0.3 is 20.9 Å². The van der Waals surface area contributed by atoms with Gasteiger partial charge in [0, 0.05) is 24.8 Å². The molecule has 0 heterocycles. The number of nitrogens with two attached hydrogens (primary N) is 2. The molecule has 0 unspecified atom stereocenters. The van der Waals surface area contributed by atoms with Crippen molar-refractivity contribution in [2.75, 3.05) is 32.2 Å². The number of amides is 2. The van der Waals surface area contributed by atoms with E-state index in [1.807, 2.05) is 0 Å². The molecule has 0 spiro atoms. The van der Waals surface area contributed by atoms with Crippen molar-refractivity contribution in [2.24, 2.45) is 11.5 Å². The van der Waals surface area contributed by atoms with Crippen LogP contribution in [0.15, 0.2) is 18.2 Å². The second-order valence-electron chi connectivity index (χ2n) is 3.32. The van der Waals surface area contributed by atoms with E-state index in [1.54, 1.807) is 25.3 Å². The standard InChI is InChI=1S/C11H17N3O3/c1-16-9-4-3-8(7-10(9)17-2)14(6-5-12)11(13)15/h3-4,7H,5-6,12H2,1-2H3,(H2,13,15). The summed E-state index contributed by atoms with van der Waals surface area (Å²) in [6.45, 7) is 0.683. The maximum atomic E-state index is 11.3. The van der Waals surface area contributed by atoms with Gasteiger partial charge >= 0.3 is 6.03 Å². The summed E-state index contributed by atoms with van der Waals surface area (Å²) in [5, 5.41) is 0. The topological polar surface area (TPSA) is 90.8 Å². The Kier molecular flexibility index (Phi) is 4.59. The Hall–Kier alpha value is -1.95. The third-order valence-corrected chi connectivity index (χ3v) is 2.30. The normalized spacial score (nSPS) is 9.82. The number of primary amides is 1. The van der Waals surface area contributed by atoms with Crippen molar-refractivity contribution in [1.82, 2.24) is 0 Å². The Labute approximate surface area is 100 Å². The van der Waals surface area contributed by atoms with Crippen LogP contribution in [0.3, 0.4) is 0 Å². The molecule has 6 nitrogen and oxygen atoms in total. The van der Waals surface area contributed by atoms with Crippen LogP contribution in [0.4, 0.5) is 10.5 Å². The van der Waals surface area contributed by atoms with Crippen molar-refractivity contribution in [3.63, 3.8) is 0 Å². The smallest absolute Gasteiger partial charge is 0.319 e. The quantitative estimate of drug-likeness (QED) is 0.785. The lowest BCUT2D eigenvalue weighted by Gasteiger charge is -2.20. The van der Waals surface area contributed by atoms with Crippen molar-refractivity contribution >= 4 is 11.7 Å². The zero-order valence-corrected chi connectivity index (χ0v) is 9.97. The van der Waals surface area contributed by atoms with Gasteiger partial charge in [-0.2, -0.15) is 0 Å². The third-order valence-electron chi connectivity index (χ3n) is 2.30. The number of carbonyl (C=O) groups excluding carboxylic acids is 1. The molecule has 6 heteroatoms. The fourth-order valence-electron chi connectivity index (χ4n) is 1.49. The minimum atomic E-state index is -0.553. The third kappa shape index (κ3) is 3.01. The van der Waals surface area contributed by atoms with Gasteiger partial charge in [0.05, 0.1) is 14.2 Å². The molecule has 2 amide bonds. The highest BCUT2D eigenvalue weighted by molar-refractivity contribution is 5.91. The summed E-state index contributed by atoms with van der Waals surface area (Å²) >= 11 is 0. The van der Waals surface area contributed by atoms with Gasteiger partial charge in [-0.25, -0.2) is 4.79 Å². The van der Waals surface area contributed by atoms with Crippen LogP contribution in [0.5, 0.6) is 11.5 Å². The maximum absolute atomic E-state index is 11.3. The lowest BCUT2D eigenvalue weighted by molar-refractivity contribution is 0.254. The molecular formula is C11H17N3O3. The summed E-state index contributed by atoms with van der Waals surface area (Å²) in [4.78, 5) is 12.6. The van der Waals surface area contributed by atoms with Crippen molar-refractivity contribution in [3.05, 3.63) is 18.2 Å². The highest BCUT2D eigenvalue weighted by Crippen LogP contribution is 2.31. The number of carbonyl (C=O) groups is 1. The molecule has 0 radical (unpaired) electrons. The molecule has 1 rings (SSSR count). The molecule has 0 aliphatic heterocycles. The lowest BCUT2D eigenvalue weighted by Crippen LogP contribution is -2.39. The summed E-state index contributed by atoms with van der Waals surface area (Å²) in [7, 11) is 3.07. The Morgan fingerprint density at radius 2 is 1.94 bits per heavy atom. The molecule has 0 saturated carbocycles. The molecule has 0 bridgehead atoms. The molecule has 0 atom stereocenters. The zero-order chi connectivity index (χ0) is 12.8. The molecule has 0 aromatic heterocycles. The van der Waals surface area contributed by atoms with Crippen molar-refractivity contribution in [3.8, 4) is 11.5 Å². The SMILES string of the molecule is COc1ccc(N(CCN)C(N)=O)cc1OC. The lowest BCUT2D eigenvalue weighted by atomic mass is 10.2. The zero-order valence-electron chi connectivity index (χ0n) is 9.97. The summed E-state index contributed by atoms with van der Waals surface area (Å²) in [6.07, 6.45) is 0. The molecule has 0 aliphatic carbocycles. The van der Waals surface area contributed by atoms with Gasteiger partial charge in [0.15, 0.2) is 11.5 Å². The summed E-state index contributed by atoms with van der Waals surface area (Å²) in [5.74, 6) is 1.13. The van der Waals surface area contributed by atoms with Crippen LogP contribution in [0.1, 0.15) is 0 Å². The second-order valence-corrected chi connectivity index (χ2v) is 3.32. The summed E-state index contributed by atoms with van der Waals surface area (Å²) < 4.78 is 10.3. The molecule has 0 saturated heterocycles. The minimum absolute atomic E-state index is 0.331. The van der Waals surface area contributed by atoms with E-state index in [9.17, 15) is 4.79 Å². The van der Waals surface area contributed by atoms with Gasteiger partial charge in [-0.05, 0) is 12.1 Å². The van der Waals surface area contributed by atoms with Crippen LogP contribution >= 0.6 is 0 Å². The fourth-order valence-corrected chi connectivity index (χ4v) is 1.49. The maximum Gasteiger partial charge on any atom is 0.319 e. The van der Waals surface area contributed by atoms with Gasteiger partial charge in [0.1, 0.15) is 0 Å². The number of rotatable bonds is 5. The van der Waals surface area contributed by atoms with Gasteiger partial charge in [-0.1, -0.05) is 0 Å². The molecule has 1 aromatic carbocycles. The van der Waals surface area contributed by atoms with Crippen molar-refractivity contribution in [1.29, 1.82) is 0 Å².